The second-order valence-corrected chi connectivity index (χ2v) is 8.29. The molecule has 0 radical (unpaired) electrons. The maximum atomic E-state index is 13.0. The van der Waals surface area contributed by atoms with Crippen molar-refractivity contribution < 1.29 is 19.0 Å². The molecule has 1 amide bonds. The molecule has 2 heterocycles. The zero-order valence-electron chi connectivity index (χ0n) is 18.7. The van der Waals surface area contributed by atoms with E-state index in [1.54, 1.807) is 32.0 Å². The summed E-state index contributed by atoms with van der Waals surface area (Å²) in [5, 5.41) is 8.11. The van der Waals surface area contributed by atoms with Crippen LogP contribution in [0.2, 0.25) is 5.02 Å². The molecule has 1 fully saturated rings. The van der Waals surface area contributed by atoms with Crippen LogP contribution in [0.25, 0.3) is 11.3 Å². The van der Waals surface area contributed by atoms with Crippen LogP contribution < -0.4 is 19.5 Å². The minimum atomic E-state index is -0.163. The quantitative estimate of drug-likeness (QED) is 0.561. The van der Waals surface area contributed by atoms with Gasteiger partial charge in [-0.2, -0.15) is 5.10 Å². The molecular formula is C23H26ClN5O4. The Balaban J connectivity index is 1.38. The fraction of sp³-hybridized carbons (Fsp3) is 0.391. The van der Waals surface area contributed by atoms with Crippen LogP contribution in [-0.4, -0.2) is 52.0 Å². The molecule has 2 aromatic heterocycles. The van der Waals surface area contributed by atoms with Crippen molar-refractivity contribution in [1.29, 1.82) is 0 Å². The van der Waals surface area contributed by atoms with E-state index in [0.29, 0.717) is 33.9 Å². The number of nitrogens with one attached hydrogen (secondary N) is 1. The molecule has 174 valence electrons. The maximum absolute atomic E-state index is 13.0. The number of hydrogen-bond donors (Lipinski definition) is 1. The third-order valence-electron chi connectivity index (χ3n) is 5.67. The molecule has 33 heavy (non-hydrogen) atoms. The van der Waals surface area contributed by atoms with Gasteiger partial charge in [-0.05, 0) is 49.9 Å². The van der Waals surface area contributed by atoms with E-state index in [-0.39, 0.29) is 18.1 Å². The minimum Gasteiger partial charge on any atom is -0.497 e. The summed E-state index contributed by atoms with van der Waals surface area (Å²) in [6, 6.07) is 7.62. The van der Waals surface area contributed by atoms with E-state index in [4.69, 9.17) is 25.8 Å². The van der Waals surface area contributed by atoms with Crippen molar-refractivity contribution in [2.75, 3.05) is 14.2 Å². The molecule has 1 N–H and O–H groups in total. The lowest BCUT2D eigenvalue weighted by atomic mass is 9.93. The predicted molar refractivity (Wildman–Crippen MR) is 123 cm³/mol. The summed E-state index contributed by atoms with van der Waals surface area (Å²) in [6.07, 6.45) is 6.25. The van der Waals surface area contributed by atoms with E-state index in [0.717, 1.165) is 31.2 Å². The van der Waals surface area contributed by atoms with Crippen molar-refractivity contribution in [3.05, 3.63) is 47.4 Å². The monoisotopic (exact) mass is 471 g/mol. The van der Waals surface area contributed by atoms with Gasteiger partial charge in [0.2, 0.25) is 0 Å². The van der Waals surface area contributed by atoms with E-state index >= 15 is 0 Å². The highest BCUT2D eigenvalue weighted by Gasteiger charge is 2.26. The Morgan fingerprint density at radius 3 is 2.48 bits per heavy atom. The number of hydrogen-bond acceptors (Lipinski definition) is 7. The number of ether oxygens (including phenoxy) is 3. The number of carbonyl (C=O) groups excluding carboxylic acids is 1. The predicted octanol–water partition coefficient (Wildman–Crippen LogP) is 3.67. The molecule has 0 unspecified atom stereocenters. The molecule has 4 rings (SSSR count). The van der Waals surface area contributed by atoms with Crippen LogP contribution in [0.1, 0.15) is 36.2 Å². The molecule has 0 atom stereocenters. The summed E-state index contributed by atoms with van der Waals surface area (Å²) in [5.74, 6) is 1.18. The van der Waals surface area contributed by atoms with Gasteiger partial charge in [0, 0.05) is 18.7 Å². The molecule has 0 saturated heterocycles. The van der Waals surface area contributed by atoms with Crippen LogP contribution in [0.15, 0.2) is 36.7 Å². The average Bonchev–Trinajstić information content (AvgIpc) is 3.23. The van der Waals surface area contributed by atoms with Crippen LogP contribution in [0.4, 0.5) is 0 Å². The van der Waals surface area contributed by atoms with Gasteiger partial charge in [-0.1, -0.05) is 11.6 Å². The van der Waals surface area contributed by atoms with Crippen molar-refractivity contribution in [3.63, 3.8) is 0 Å². The Morgan fingerprint density at radius 2 is 1.82 bits per heavy atom. The third-order valence-corrected chi connectivity index (χ3v) is 5.87. The SMILES string of the molecule is COc1ccc(OC)c(-c2cc(C(=O)NC3CCC(Oc4ncc(Cl)cn4)CC3)n(C)n2)c1. The third kappa shape index (κ3) is 5.36. The highest BCUT2D eigenvalue weighted by atomic mass is 35.5. The van der Waals surface area contributed by atoms with Gasteiger partial charge in [0.1, 0.15) is 23.3 Å². The molecule has 9 nitrogen and oxygen atoms in total. The first kappa shape index (κ1) is 22.8. The molecular weight excluding hydrogens is 446 g/mol. The van der Waals surface area contributed by atoms with Crippen LogP contribution in [-0.2, 0) is 7.05 Å². The number of benzene rings is 1. The number of amides is 1. The molecule has 10 heteroatoms. The molecule has 3 aromatic rings. The molecule has 1 aliphatic rings. The first-order valence-corrected chi connectivity index (χ1v) is 11.1. The Kier molecular flexibility index (Phi) is 6.98. The summed E-state index contributed by atoms with van der Waals surface area (Å²) in [6.45, 7) is 0. The van der Waals surface area contributed by atoms with E-state index in [2.05, 4.69) is 20.4 Å². The van der Waals surface area contributed by atoms with Gasteiger partial charge >= 0.3 is 6.01 Å². The summed E-state index contributed by atoms with van der Waals surface area (Å²) in [7, 11) is 4.95. The minimum absolute atomic E-state index is 0.0168. The number of carbonyl (C=O) groups is 1. The number of aryl methyl sites for hydroxylation is 1. The van der Waals surface area contributed by atoms with Gasteiger partial charge in [-0.25, -0.2) is 9.97 Å². The molecule has 0 spiro atoms. The zero-order valence-corrected chi connectivity index (χ0v) is 19.5. The van der Waals surface area contributed by atoms with Crippen molar-refractivity contribution in [2.24, 2.45) is 7.05 Å². The molecule has 0 aliphatic heterocycles. The second-order valence-electron chi connectivity index (χ2n) is 7.85. The first-order chi connectivity index (χ1) is 16.0. The number of rotatable bonds is 7. The smallest absolute Gasteiger partial charge is 0.316 e. The van der Waals surface area contributed by atoms with Gasteiger partial charge in [-0.15, -0.1) is 0 Å². The topological polar surface area (TPSA) is 100 Å². The number of aromatic nitrogens is 4. The largest absolute Gasteiger partial charge is 0.497 e. The zero-order chi connectivity index (χ0) is 23.4. The van der Waals surface area contributed by atoms with Crippen molar-refractivity contribution in [3.8, 4) is 28.8 Å². The average molecular weight is 472 g/mol. The molecule has 1 aliphatic carbocycles. The van der Waals surface area contributed by atoms with E-state index in [1.165, 1.54) is 12.4 Å². The fourth-order valence-corrected chi connectivity index (χ4v) is 4.02. The fourth-order valence-electron chi connectivity index (χ4n) is 3.92. The standard InChI is InChI=1S/C23H26ClN5O4/c1-29-20(11-19(28-29)18-10-17(31-2)8-9-21(18)32-3)22(30)27-15-4-6-16(7-5-15)33-23-25-12-14(24)13-26-23/h8-13,15-16H,4-7H2,1-3H3,(H,27,30). The Hall–Kier alpha value is -3.33. The van der Waals surface area contributed by atoms with Gasteiger partial charge < -0.3 is 19.5 Å². The lowest BCUT2D eigenvalue weighted by molar-refractivity contribution is 0.0876. The molecule has 1 aromatic carbocycles. The molecule has 0 bridgehead atoms. The van der Waals surface area contributed by atoms with E-state index in [9.17, 15) is 4.79 Å². The van der Waals surface area contributed by atoms with E-state index in [1.807, 2.05) is 18.2 Å². The summed E-state index contributed by atoms with van der Waals surface area (Å²) >= 11 is 5.81. The van der Waals surface area contributed by atoms with Gasteiger partial charge in [0.25, 0.3) is 5.91 Å². The van der Waals surface area contributed by atoms with Gasteiger partial charge in [0.05, 0.1) is 37.3 Å². The van der Waals surface area contributed by atoms with Crippen LogP contribution in [0.3, 0.4) is 0 Å². The summed E-state index contributed by atoms with van der Waals surface area (Å²) < 4.78 is 18.2. The Labute approximate surface area is 197 Å². The molecule has 1 saturated carbocycles. The van der Waals surface area contributed by atoms with Crippen molar-refractivity contribution >= 4 is 17.5 Å². The van der Waals surface area contributed by atoms with Crippen molar-refractivity contribution in [1.82, 2.24) is 25.1 Å². The number of halogens is 1. The Morgan fingerprint density at radius 1 is 1.09 bits per heavy atom. The van der Waals surface area contributed by atoms with Crippen LogP contribution >= 0.6 is 11.6 Å². The van der Waals surface area contributed by atoms with E-state index < -0.39 is 0 Å². The maximum Gasteiger partial charge on any atom is 0.316 e. The van der Waals surface area contributed by atoms with Crippen molar-refractivity contribution in [2.45, 2.75) is 37.8 Å². The number of methoxy groups -OCH3 is 2. The van der Waals surface area contributed by atoms with Crippen LogP contribution in [0.5, 0.6) is 17.5 Å². The van der Waals surface area contributed by atoms with Gasteiger partial charge in [-0.3, -0.25) is 9.48 Å². The summed E-state index contributed by atoms with van der Waals surface area (Å²) in [4.78, 5) is 21.1. The lowest BCUT2D eigenvalue weighted by Gasteiger charge is -2.28. The Bertz CT molecular complexity index is 1110. The second kappa shape index (κ2) is 10.1. The van der Waals surface area contributed by atoms with Crippen LogP contribution in [0, 0.1) is 0 Å². The lowest BCUT2D eigenvalue weighted by Crippen LogP contribution is -2.40. The van der Waals surface area contributed by atoms with Gasteiger partial charge in [0.15, 0.2) is 0 Å². The number of nitrogens with zero attached hydrogens (tertiary/aromatic N) is 4. The highest BCUT2D eigenvalue weighted by molar-refractivity contribution is 6.30. The highest BCUT2D eigenvalue weighted by Crippen LogP contribution is 2.33. The first-order valence-electron chi connectivity index (χ1n) is 10.7. The summed E-state index contributed by atoms with van der Waals surface area (Å²) in [5.41, 5.74) is 1.87. The normalized spacial score (nSPS) is 17.9.